The summed E-state index contributed by atoms with van der Waals surface area (Å²) in [6.45, 7) is 0. The first-order chi connectivity index (χ1) is 9.54. The Kier molecular flexibility index (Phi) is 3.59. The highest BCUT2D eigenvalue weighted by molar-refractivity contribution is 9.10. The Balaban J connectivity index is 2.13. The van der Waals surface area contributed by atoms with Gasteiger partial charge in [-0.2, -0.15) is 0 Å². The van der Waals surface area contributed by atoms with Gasteiger partial charge < -0.3 is 5.32 Å². The van der Waals surface area contributed by atoms with Crippen molar-refractivity contribution < 1.29 is 4.79 Å². The molecule has 0 aliphatic carbocycles. The number of halogens is 3. The van der Waals surface area contributed by atoms with Gasteiger partial charge in [-0.25, -0.2) is 0 Å². The van der Waals surface area contributed by atoms with E-state index in [-0.39, 0.29) is 5.91 Å². The zero-order chi connectivity index (χ0) is 14.3. The monoisotopic (exact) mass is 367 g/mol. The number of benzene rings is 2. The van der Waals surface area contributed by atoms with Crippen LogP contribution >= 0.6 is 39.1 Å². The second-order valence-electron chi connectivity index (χ2n) is 4.37. The molecule has 2 nitrogen and oxygen atoms in total. The van der Waals surface area contributed by atoms with Crippen molar-refractivity contribution in [2.45, 2.75) is 0 Å². The summed E-state index contributed by atoms with van der Waals surface area (Å²) in [6.07, 6.45) is 1.77. The molecule has 20 heavy (non-hydrogen) atoms. The second kappa shape index (κ2) is 5.24. The third-order valence-corrected chi connectivity index (χ3v) is 4.08. The Labute approximate surface area is 134 Å². The van der Waals surface area contributed by atoms with E-state index in [1.54, 1.807) is 24.3 Å². The molecule has 1 aliphatic rings. The second-order valence-corrected chi connectivity index (χ2v) is 6.13. The van der Waals surface area contributed by atoms with Crippen molar-refractivity contribution in [3.05, 3.63) is 62.0 Å². The SMILES string of the molecule is O=C1Nc2ccc(Br)cc2/C1=C/c1ccc(Cl)cc1Cl. The molecule has 0 atom stereocenters. The molecule has 5 heteroatoms. The van der Waals surface area contributed by atoms with E-state index in [0.29, 0.717) is 15.6 Å². The number of hydrogen-bond donors (Lipinski definition) is 1. The van der Waals surface area contributed by atoms with Crippen LogP contribution < -0.4 is 5.32 Å². The Morgan fingerprint density at radius 3 is 2.65 bits per heavy atom. The van der Waals surface area contributed by atoms with Gasteiger partial charge in [-0.05, 0) is 42.0 Å². The van der Waals surface area contributed by atoms with Crippen molar-refractivity contribution in [3.63, 3.8) is 0 Å². The van der Waals surface area contributed by atoms with Crippen molar-refractivity contribution in [3.8, 4) is 0 Å². The van der Waals surface area contributed by atoms with E-state index in [4.69, 9.17) is 23.2 Å². The molecule has 0 spiro atoms. The van der Waals surface area contributed by atoms with Crippen LogP contribution in [-0.2, 0) is 4.79 Å². The minimum absolute atomic E-state index is 0.135. The van der Waals surface area contributed by atoms with Gasteiger partial charge in [0, 0.05) is 31.3 Å². The topological polar surface area (TPSA) is 29.1 Å². The molecule has 0 saturated carbocycles. The number of amides is 1. The number of rotatable bonds is 1. The van der Waals surface area contributed by atoms with Gasteiger partial charge in [0.1, 0.15) is 0 Å². The van der Waals surface area contributed by atoms with Crippen molar-refractivity contribution in [1.82, 2.24) is 0 Å². The van der Waals surface area contributed by atoms with E-state index >= 15 is 0 Å². The third-order valence-electron chi connectivity index (χ3n) is 3.03. The van der Waals surface area contributed by atoms with Crippen molar-refractivity contribution in [2.75, 3.05) is 5.32 Å². The zero-order valence-electron chi connectivity index (χ0n) is 10.1. The van der Waals surface area contributed by atoms with E-state index in [1.807, 2.05) is 18.2 Å². The normalized spacial score (nSPS) is 15.3. The van der Waals surface area contributed by atoms with Crippen LogP contribution in [0, 0.1) is 0 Å². The number of anilines is 1. The Hall–Kier alpha value is -1.29. The maximum Gasteiger partial charge on any atom is 0.256 e. The van der Waals surface area contributed by atoms with Gasteiger partial charge in [0.15, 0.2) is 0 Å². The van der Waals surface area contributed by atoms with Gasteiger partial charge >= 0.3 is 0 Å². The minimum Gasteiger partial charge on any atom is -0.321 e. The predicted octanol–water partition coefficient (Wildman–Crippen LogP) is 5.25. The lowest BCUT2D eigenvalue weighted by atomic mass is 10.0. The van der Waals surface area contributed by atoms with Crippen LogP contribution in [0.5, 0.6) is 0 Å². The molecule has 0 aromatic heterocycles. The van der Waals surface area contributed by atoms with E-state index in [9.17, 15) is 4.79 Å². The fraction of sp³-hybridized carbons (Fsp3) is 0. The lowest BCUT2D eigenvalue weighted by molar-refractivity contribution is -0.110. The molecule has 0 radical (unpaired) electrons. The average Bonchev–Trinajstić information content (AvgIpc) is 2.69. The smallest absolute Gasteiger partial charge is 0.256 e. The highest BCUT2D eigenvalue weighted by Gasteiger charge is 2.24. The van der Waals surface area contributed by atoms with Gasteiger partial charge in [-0.1, -0.05) is 45.2 Å². The van der Waals surface area contributed by atoms with Gasteiger partial charge in [0.25, 0.3) is 5.91 Å². The third kappa shape index (κ3) is 2.49. The summed E-state index contributed by atoms with van der Waals surface area (Å²) in [6, 6.07) is 10.8. The fourth-order valence-corrected chi connectivity index (χ4v) is 2.90. The number of nitrogens with one attached hydrogen (secondary N) is 1. The summed E-state index contributed by atoms with van der Waals surface area (Å²) < 4.78 is 0.917. The van der Waals surface area contributed by atoms with E-state index in [2.05, 4.69) is 21.2 Å². The molecule has 100 valence electrons. The molecule has 2 aromatic rings. The van der Waals surface area contributed by atoms with E-state index in [1.165, 1.54) is 0 Å². The van der Waals surface area contributed by atoms with Crippen LogP contribution in [-0.4, -0.2) is 5.91 Å². The van der Waals surface area contributed by atoms with Crippen LogP contribution in [0.2, 0.25) is 10.0 Å². The molecular weight excluding hydrogens is 361 g/mol. The molecule has 0 saturated heterocycles. The van der Waals surface area contributed by atoms with Crippen molar-refractivity contribution in [1.29, 1.82) is 0 Å². The summed E-state index contributed by atoms with van der Waals surface area (Å²) >= 11 is 15.4. The van der Waals surface area contributed by atoms with E-state index in [0.717, 1.165) is 21.3 Å². The summed E-state index contributed by atoms with van der Waals surface area (Å²) in [5.41, 5.74) is 3.00. The Bertz CT molecular complexity index is 756. The lowest BCUT2D eigenvalue weighted by Gasteiger charge is -2.02. The summed E-state index contributed by atoms with van der Waals surface area (Å²) in [5.74, 6) is -0.135. The molecular formula is C15H8BrCl2NO. The predicted molar refractivity (Wildman–Crippen MR) is 87.1 cm³/mol. The van der Waals surface area contributed by atoms with Crippen molar-refractivity contribution in [2.24, 2.45) is 0 Å². The van der Waals surface area contributed by atoms with Crippen LogP contribution in [0.4, 0.5) is 5.69 Å². The lowest BCUT2D eigenvalue weighted by Crippen LogP contribution is -2.03. The molecule has 0 fully saturated rings. The van der Waals surface area contributed by atoms with Crippen molar-refractivity contribution >= 4 is 62.4 Å². The number of fused-ring (bicyclic) bond motifs is 1. The molecule has 1 aliphatic heterocycles. The first-order valence-electron chi connectivity index (χ1n) is 5.82. The molecule has 3 rings (SSSR count). The molecule has 0 bridgehead atoms. The highest BCUT2D eigenvalue weighted by atomic mass is 79.9. The van der Waals surface area contributed by atoms with Gasteiger partial charge in [-0.3, -0.25) is 4.79 Å². The average molecular weight is 369 g/mol. The molecule has 1 heterocycles. The molecule has 1 amide bonds. The van der Waals surface area contributed by atoms with E-state index < -0.39 is 0 Å². The highest BCUT2D eigenvalue weighted by Crippen LogP contribution is 2.36. The quantitative estimate of drug-likeness (QED) is 0.684. The number of carbonyl (C=O) groups is 1. The zero-order valence-corrected chi connectivity index (χ0v) is 13.2. The molecule has 1 N–H and O–H groups in total. The van der Waals surface area contributed by atoms with Gasteiger partial charge in [0.05, 0.1) is 0 Å². The maximum absolute atomic E-state index is 12.1. The largest absolute Gasteiger partial charge is 0.321 e. The summed E-state index contributed by atoms with van der Waals surface area (Å²) in [7, 11) is 0. The maximum atomic E-state index is 12.1. The fourth-order valence-electron chi connectivity index (χ4n) is 2.08. The minimum atomic E-state index is -0.135. The van der Waals surface area contributed by atoms with Gasteiger partial charge in [-0.15, -0.1) is 0 Å². The first kappa shape index (κ1) is 13.7. The molecule has 0 unspecified atom stereocenters. The van der Waals surface area contributed by atoms with Crippen LogP contribution in [0.3, 0.4) is 0 Å². The Morgan fingerprint density at radius 2 is 1.90 bits per heavy atom. The van der Waals surface area contributed by atoms with Gasteiger partial charge in [0.2, 0.25) is 0 Å². The Morgan fingerprint density at radius 1 is 1.10 bits per heavy atom. The summed E-state index contributed by atoms with van der Waals surface area (Å²) in [5, 5.41) is 3.91. The van der Waals surface area contributed by atoms with Crippen LogP contribution in [0.1, 0.15) is 11.1 Å². The number of carbonyl (C=O) groups excluding carboxylic acids is 1. The summed E-state index contributed by atoms with van der Waals surface area (Å²) in [4.78, 5) is 12.1. The van der Waals surface area contributed by atoms with Crippen LogP contribution in [0.25, 0.3) is 11.6 Å². The number of hydrogen-bond acceptors (Lipinski definition) is 1. The first-order valence-corrected chi connectivity index (χ1v) is 7.37. The molecule has 2 aromatic carbocycles. The van der Waals surface area contributed by atoms with Crippen LogP contribution in [0.15, 0.2) is 40.9 Å². The standard InChI is InChI=1S/C15H8BrCl2NO/c16-9-2-4-14-11(6-9)12(15(20)19-14)5-8-1-3-10(17)7-13(8)18/h1-7H,(H,19,20)/b12-5-.